The van der Waals surface area contributed by atoms with Gasteiger partial charge in [0.1, 0.15) is 0 Å². The highest BCUT2D eigenvalue weighted by Crippen LogP contribution is 2.02. The quantitative estimate of drug-likeness (QED) is 0.612. The molecule has 72 valence electrons. The maximum atomic E-state index is 3.72. The van der Waals surface area contributed by atoms with Crippen LogP contribution in [0.25, 0.3) is 0 Å². The summed E-state index contributed by atoms with van der Waals surface area (Å²) in [5, 5.41) is 3.29. The minimum absolute atomic E-state index is 0.997. The minimum Gasteiger partial charge on any atom is -0.359 e. The van der Waals surface area contributed by atoms with E-state index in [1.807, 2.05) is 6.08 Å². The van der Waals surface area contributed by atoms with Gasteiger partial charge in [0.05, 0.1) is 0 Å². The molecule has 0 amide bonds. The molecule has 1 nitrogen and oxygen atoms in total. The molecule has 0 fully saturated rings. The first-order chi connectivity index (χ1) is 6.28. The third-order valence-electron chi connectivity index (χ3n) is 1.65. The first-order valence-electron chi connectivity index (χ1n) is 4.69. The monoisotopic (exact) mass is 177 g/mol. The van der Waals surface area contributed by atoms with Crippen LogP contribution in [-0.4, -0.2) is 0 Å². The minimum atomic E-state index is 0.997. The van der Waals surface area contributed by atoms with E-state index in [-0.39, 0.29) is 0 Å². The van der Waals surface area contributed by atoms with Crippen LogP contribution in [-0.2, 0) is 0 Å². The van der Waals surface area contributed by atoms with Gasteiger partial charge in [0.2, 0.25) is 0 Å². The average Bonchev–Trinajstić information content (AvgIpc) is 2.16. The zero-order valence-corrected chi connectivity index (χ0v) is 8.64. The molecule has 0 atom stereocenters. The van der Waals surface area contributed by atoms with Crippen molar-refractivity contribution in [2.45, 2.75) is 26.7 Å². The lowest BCUT2D eigenvalue weighted by Gasteiger charge is -2.08. The number of allylic oxidation sites excluding steroid dienone is 5. The van der Waals surface area contributed by atoms with E-state index in [0.29, 0.717) is 0 Å². The van der Waals surface area contributed by atoms with Gasteiger partial charge in [0, 0.05) is 11.4 Å². The van der Waals surface area contributed by atoms with Gasteiger partial charge in [0.15, 0.2) is 0 Å². The fourth-order valence-corrected chi connectivity index (χ4v) is 1.00. The maximum Gasteiger partial charge on any atom is 0.0375 e. The van der Waals surface area contributed by atoms with Crippen molar-refractivity contribution < 1.29 is 0 Å². The van der Waals surface area contributed by atoms with Crippen LogP contribution in [0, 0.1) is 0 Å². The van der Waals surface area contributed by atoms with Gasteiger partial charge in [-0.25, -0.2) is 0 Å². The molecule has 0 aliphatic rings. The second-order valence-corrected chi connectivity index (χ2v) is 2.68. The maximum absolute atomic E-state index is 3.72. The molecular weight excluding hydrogens is 158 g/mol. The SMILES string of the molecule is C=C/C=C(\C=C)NC(=CCC)CC. The van der Waals surface area contributed by atoms with E-state index < -0.39 is 0 Å². The van der Waals surface area contributed by atoms with Crippen LogP contribution in [0.2, 0.25) is 0 Å². The van der Waals surface area contributed by atoms with E-state index in [1.165, 1.54) is 5.70 Å². The van der Waals surface area contributed by atoms with Crippen LogP contribution in [0.3, 0.4) is 0 Å². The Bertz CT molecular complexity index is 221. The number of hydrogen-bond donors (Lipinski definition) is 1. The summed E-state index contributed by atoms with van der Waals surface area (Å²) in [4.78, 5) is 0. The molecule has 0 aromatic carbocycles. The Hall–Kier alpha value is -1.24. The number of nitrogens with one attached hydrogen (secondary N) is 1. The van der Waals surface area contributed by atoms with Crippen LogP contribution in [0.5, 0.6) is 0 Å². The van der Waals surface area contributed by atoms with E-state index in [4.69, 9.17) is 0 Å². The highest BCUT2D eigenvalue weighted by Gasteiger charge is 1.93. The summed E-state index contributed by atoms with van der Waals surface area (Å²) in [6, 6.07) is 0. The van der Waals surface area contributed by atoms with Crippen LogP contribution in [0.15, 0.2) is 48.9 Å². The normalized spacial score (nSPS) is 12.5. The summed E-state index contributed by atoms with van der Waals surface area (Å²) in [5.74, 6) is 0. The smallest absolute Gasteiger partial charge is 0.0375 e. The van der Waals surface area contributed by atoms with Crippen LogP contribution in [0.1, 0.15) is 26.7 Å². The van der Waals surface area contributed by atoms with E-state index in [0.717, 1.165) is 18.5 Å². The van der Waals surface area contributed by atoms with Crippen molar-refractivity contribution in [1.29, 1.82) is 0 Å². The van der Waals surface area contributed by atoms with Crippen molar-refractivity contribution in [2.75, 3.05) is 0 Å². The Labute approximate surface area is 81.5 Å². The van der Waals surface area contributed by atoms with Gasteiger partial charge in [-0.15, -0.1) is 0 Å². The lowest BCUT2D eigenvalue weighted by atomic mass is 10.2. The topological polar surface area (TPSA) is 12.0 Å². The van der Waals surface area contributed by atoms with Crippen molar-refractivity contribution in [3.05, 3.63) is 48.9 Å². The largest absolute Gasteiger partial charge is 0.359 e. The molecule has 0 aliphatic heterocycles. The summed E-state index contributed by atoms with van der Waals surface area (Å²) >= 11 is 0. The number of hydrogen-bond acceptors (Lipinski definition) is 1. The van der Waals surface area contributed by atoms with Gasteiger partial charge in [-0.2, -0.15) is 0 Å². The Kier molecular flexibility index (Phi) is 6.70. The molecule has 0 rings (SSSR count). The van der Waals surface area contributed by atoms with Gasteiger partial charge in [-0.3, -0.25) is 0 Å². The van der Waals surface area contributed by atoms with Gasteiger partial charge in [-0.05, 0) is 25.0 Å². The van der Waals surface area contributed by atoms with Crippen LogP contribution >= 0.6 is 0 Å². The highest BCUT2D eigenvalue weighted by atomic mass is 14.9. The third kappa shape index (κ3) is 5.07. The summed E-state index contributed by atoms with van der Waals surface area (Å²) in [7, 11) is 0. The first-order valence-corrected chi connectivity index (χ1v) is 4.69. The Morgan fingerprint density at radius 1 is 1.31 bits per heavy atom. The molecule has 0 aromatic heterocycles. The van der Waals surface area contributed by atoms with Gasteiger partial charge in [-0.1, -0.05) is 39.2 Å². The lowest BCUT2D eigenvalue weighted by molar-refractivity contribution is 0.896. The molecule has 1 heteroatoms. The molecule has 0 heterocycles. The molecular formula is C12H19N. The highest BCUT2D eigenvalue weighted by molar-refractivity contribution is 5.23. The standard InChI is InChI=1S/C12H19N/c1-5-9-11(7-3)13-12(8-4)10-6-2/h5,7,9-10,13H,1,3,6,8H2,2,4H3/b11-9+,12-10?. The van der Waals surface area contributed by atoms with E-state index in [1.54, 1.807) is 12.2 Å². The fourth-order valence-electron chi connectivity index (χ4n) is 1.00. The summed E-state index contributed by atoms with van der Waals surface area (Å²) < 4.78 is 0. The summed E-state index contributed by atoms with van der Waals surface area (Å²) in [5.41, 5.74) is 2.23. The van der Waals surface area contributed by atoms with Gasteiger partial charge < -0.3 is 5.32 Å². The summed E-state index contributed by atoms with van der Waals surface area (Å²) in [6.45, 7) is 11.6. The predicted molar refractivity (Wildman–Crippen MR) is 60.3 cm³/mol. The summed E-state index contributed by atoms with van der Waals surface area (Å²) in [6.07, 6.45) is 9.70. The molecule has 0 saturated carbocycles. The second-order valence-electron chi connectivity index (χ2n) is 2.68. The van der Waals surface area contributed by atoms with Crippen LogP contribution < -0.4 is 5.32 Å². The zero-order valence-electron chi connectivity index (χ0n) is 8.64. The third-order valence-corrected chi connectivity index (χ3v) is 1.65. The van der Waals surface area contributed by atoms with Gasteiger partial charge in [0.25, 0.3) is 0 Å². The zero-order chi connectivity index (χ0) is 10.1. The molecule has 0 bridgehead atoms. The molecule has 0 aliphatic carbocycles. The van der Waals surface area contributed by atoms with Crippen LogP contribution in [0.4, 0.5) is 0 Å². The molecule has 0 saturated heterocycles. The molecule has 0 aromatic rings. The van der Waals surface area contributed by atoms with Crippen molar-refractivity contribution >= 4 is 0 Å². The number of rotatable bonds is 6. The molecule has 13 heavy (non-hydrogen) atoms. The average molecular weight is 177 g/mol. The predicted octanol–water partition coefficient (Wildman–Crippen LogP) is 3.54. The Morgan fingerprint density at radius 3 is 2.38 bits per heavy atom. The molecule has 0 spiro atoms. The molecule has 1 N–H and O–H groups in total. The second kappa shape index (κ2) is 7.41. The Balaban J connectivity index is 4.36. The fraction of sp³-hybridized carbons (Fsp3) is 0.333. The van der Waals surface area contributed by atoms with E-state index in [2.05, 4.69) is 38.4 Å². The Morgan fingerprint density at radius 2 is 2.00 bits per heavy atom. The van der Waals surface area contributed by atoms with Crippen molar-refractivity contribution in [3.63, 3.8) is 0 Å². The van der Waals surface area contributed by atoms with Crippen molar-refractivity contribution in [2.24, 2.45) is 0 Å². The molecule has 0 unspecified atom stereocenters. The molecule has 0 radical (unpaired) electrons. The van der Waals surface area contributed by atoms with Crippen molar-refractivity contribution in [3.8, 4) is 0 Å². The first kappa shape index (κ1) is 11.8. The van der Waals surface area contributed by atoms with Gasteiger partial charge >= 0.3 is 0 Å². The van der Waals surface area contributed by atoms with E-state index >= 15 is 0 Å². The van der Waals surface area contributed by atoms with Crippen molar-refractivity contribution in [1.82, 2.24) is 5.32 Å². The van der Waals surface area contributed by atoms with E-state index in [9.17, 15) is 0 Å². The lowest BCUT2D eigenvalue weighted by Crippen LogP contribution is -2.10.